The quantitative estimate of drug-likeness (QED) is 0.0850. The van der Waals surface area contributed by atoms with Crippen molar-refractivity contribution in [3.8, 4) is 17.2 Å². The zero-order chi connectivity index (χ0) is 25.9. The molecule has 190 valence electrons. The second kappa shape index (κ2) is 13.2. The molecule has 0 amide bonds. The zero-order valence-corrected chi connectivity index (χ0v) is 21.4. The van der Waals surface area contributed by atoms with E-state index in [0.717, 1.165) is 53.6 Å². The fraction of sp³-hybridized carbons (Fsp3) is 0.258. The number of azo groups is 1. The van der Waals surface area contributed by atoms with Gasteiger partial charge in [0.1, 0.15) is 17.2 Å². The number of hydrogen-bond donors (Lipinski definition) is 0. The zero-order valence-electron chi connectivity index (χ0n) is 21.4. The van der Waals surface area contributed by atoms with Crippen molar-refractivity contribution in [2.75, 3.05) is 13.2 Å². The summed E-state index contributed by atoms with van der Waals surface area (Å²) in [5.41, 5.74) is 1.87. The molecule has 0 radical (unpaired) electrons. The number of esters is 1. The summed E-state index contributed by atoms with van der Waals surface area (Å²) in [6, 6.07) is 25.8. The molecule has 0 aliphatic carbocycles. The molecule has 0 saturated carbocycles. The van der Waals surface area contributed by atoms with Crippen LogP contribution in [0.4, 0.5) is 11.4 Å². The molecule has 0 spiro atoms. The molecule has 4 aromatic carbocycles. The van der Waals surface area contributed by atoms with Gasteiger partial charge in [-0.25, -0.2) is 4.79 Å². The Morgan fingerprint density at radius 2 is 1.27 bits per heavy atom. The van der Waals surface area contributed by atoms with Gasteiger partial charge in [-0.1, -0.05) is 51.0 Å². The minimum absolute atomic E-state index is 0.430. The van der Waals surface area contributed by atoms with Crippen LogP contribution < -0.4 is 14.2 Å². The summed E-state index contributed by atoms with van der Waals surface area (Å²) >= 11 is 0. The van der Waals surface area contributed by atoms with Crippen LogP contribution in [0.1, 0.15) is 49.9 Å². The average molecular weight is 497 g/mol. The fourth-order valence-corrected chi connectivity index (χ4v) is 3.67. The normalized spacial score (nSPS) is 11.1. The van der Waals surface area contributed by atoms with E-state index in [1.165, 1.54) is 0 Å². The van der Waals surface area contributed by atoms with E-state index in [9.17, 15) is 4.79 Å². The van der Waals surface area contributed by atoms with Crippen molar-refractivity contribution >= 4 is 28.1 Å². The van der Waals surface area contributed by atoms with Gasteiger partial charge in [-0.2, -0.15) is 5.11 Å². The summed E-state index contributed by atoms with van der Waals surface area (Å²) in [5.74, 6) is 1.60. The van der Waals surface area contributed by atoms with Crippen LogP contribution in [0.5, 0.6) is 17.2 Å². The summed E-state index contributed by atoms with van der Waals surface area (Å²) in [5, 5.41) is 10.5. The molecular formula is C31H32N2O4. The second-order valence-electron chi connectivity index (χ2n) is 8.64. The molecule has 0 aliphatic rings. The van der Waals surface area contributed by atoms with Crippen molar-refractivity contribution in [1.82, 2.24) is 0 Å². The molecular weight excluding hydrogens is 464 g/mol. The summed E-state index contributed by atoms with van der Waals surface area (Å²) in [4.78, 5) is 12.8. The maximum Gasteiger partial charge on any atom is 0.343 e. The highest BCUT2D eigenvalue weighted by molar-refractivity contribution is 5.99. The summed E-state index contributed by atoms with van der Waals surface area (Å²) < 4.78 is 17.1. The molecule has 0 N–H and O–H groups in total. The van der Waals surface area contributed by atoms with E-state index in [2.05, 4.69) is 24.1 Å². The molecule has 6 nitrogen and oxygen atoms in total. The lowest BCUT2D eigenvalue weighted by Gasteiger charge is -2.10. The largest absolute Gasteiger partial charge is 0.494 e. The first-order chi connectivity index (χ1) is 18.2. The molecule has 0 atom stereocenters. The van der Waals surface area contributed by atoms with Gasteiger partial charge in [0.25, 0.3) is 0 Å². The SMILES string of the molecule is CCCCOc1ccc(N=Nc2ccc(OC(=O)c3ccc(OCCCC)cc3)c3ccccc23)cc1. The average Bonchev–Trinajstić information content (AvgIpc) is 2.94. The van der Waals surface area contributed by atoms with Gasteiger partial charge in [0, 0.05) is 10.8 Å². The highest BCUT2D eigenvalue weighted by atomic mass is 16.5. The van der Waals surface area contributed by atoms with Crippen LogP contribution in [0.2, 0.25) is 0 Å². The Balaban J connectivity index is 1.47. The number of carbonyl (C=O) groups is 1. The molecule has 37 heavy (non-hydrogen) atoms. The minimum atomic E-state index is -0.430. The van der Waals surface area contributed by atoms with Gasteiger partial charge in [-0.15, -0.1) is 5.11 Å². The molecule has 0 fully saturated rings. The van der Waals surface area contributed by atoms with E-state index < -0.39 is 5.97 Å². The molecule has 0 aliphatic heterocycles. The summed E-state index contributed by atoms with van der Waals surface area (Å²) in [6.07, 6.45) is 4.19. The standard InChI is InChI=1S/C31H32N2O4/c1-3-5-21-35-25-15-11-23(12-16-25)31(34)37-30-20-19-29(27-9-7-8-10-28(27)30)33-32-24-13-17-26(18-14-24)36-22-6-4-2/h7-20H,3-6,21-22H2,1-2H3. The van der Waals surface area contributed by atoms with E-state index in [-0.39, 0.29) is 0 Å². The number of ether oxygens (including phenoxy) is 3. The predicted molar refractivity (Wildman–Crippen MR) is 147 cm³/mol. The van der Waals surface area contributed by atoms with Crippen LogP contribution in [0.25, 0.3) is 10.8 Å². The third-order valence-electron chi connectivity index (χ3n) is 5.80. The molecule has 4 rings (SSSR count). The topological polar surface area (TPSA) is 69.5 Å². The van der Waals surface area contributed by atoms with Crippen LogP contribution >= 0.6 is 0 Å². The number of unbranched alkanes of at least 4 members (excludes halogenated alkanes) is 2. The van der Waals surface area contributed by atoms with Crippen LogP contribution in [0.15, 0.2) is 95.2 Å². The van der Waals surface area contributed by atoms with Gasteiger partial charge >= 0.3 is 5.97 Å². The Morgan fingerprint density at radius 1 is 0.676 bits per heavy atom. The van der Waals surface area contributed by atoms with Crippen LogP contribution in [-0.4, -0.2) is 19.2 Å². The van der Waals surface area contributed by atoms with Crippen molar-refractivity contribution in [2.45, 2.75) is 39.5 Å². The number of hydrogen-bond acceptors (Lipinski definition) is 6. The van der Waals surface area contributed by atoms with Gasteiger partial charge in [0.15, 0.2) is 0 Å². The fourth-order valence-electron chi connectivity index (χ4n) is 3.67. The third kappa shape index (κ3) is 7.17. The maximum absolute atomic E-state index is 12.8. The lowest BCUT2D eigenvalue weighted by Crippen LogP contribution is -2.08. The number of benzene rings is 4. The number of fused-ring (bicyclic) bond motifs is 1. The van der Waals surface area contributed by atoms with E-state index in [1.54, 1.807) is 36.4 Å². The van der Waals surface area contributed by atoms with Crippen molar-refractivity contribution in [1.29, 1.82) is 0 Å². The van der Waals surface area contributed by atoms with Crippen LogP contribution in [0.3, 0.4) is 0 Å². The maximum atomic E-state index is 12.8. The third-order valence-corrected chi connectivity index (χ3v) is 5.80. The first-order valence-electron chi connectivity index (χ1n) is 12.8. The molecule has 0 bridgehead atoms. The van der Waals surface area contributed by atoms with E-state index in [0.29, 0.717) is 30.2 Å². The highest BCUT2D eigenvalue weighted by Crippen LogP contribution is 2.34. The van der Waals surface area contributed by atoms with Gasteiger partial charge in [0.05, 0.1) is 30.2 Å². The van der Waals surface area contributed by atoms with Crippen LogP contribution in [-0.2, 0) is 0 Å². The Labute approximate surface area is 217 Å². The Morgan fingerprint density at radius 3 is 1.89 bits per heavy atom. The Kier molecular flexibility index (Phi) is 9.24. The molecule has 6 heteroatoms. The molecule has 0 unspecified atom stereocenters. The lowest BCUT2D eigenvalue weighted by molar-refractivity contribution is 0.0737. The lowest BCUT2D eigenvalue weighted by atomic mass is 10.1. The van der Waals surface area contributed by atoms with E-state index >= 15 is 0 Å². The summed E-state index contributed by atoms with van der Waals surface area (Å²) in [7, 11) is 0. The molecule has 4 aromatic rings. The van der Waals surface area contributed by atoms with Gasteiger partial charge in [-0.05, 0) is 73.5 Å². The van der Waals surface area contributed by atoms with Gasteiger partial charge < -0.3 is 14.2 Å². The summed E-state index contributed by atoms with van der Waals surface area (Å²) in [6.45, 7) is 5.62. The number of carbonyl (C=O) groups excluding carboxylic acids is 1. The number of nitrogens with zero attached hydrogens (tertiary/aromatic N) is 2. The molecule has 0 aromatic heterocycles. The number of rotatable bonds is 12. The smallest absolute Gasteiger partial charge is 0.343 e. The predicted octanol–water partition coefficient (Wildman–Crippen LogP) is 8.83. The van der Waals surface area contributed by atoms with Crippen molar-refractivity contribution in [3.63, 3.8) is 0 Å². The van der Waals surface area contributed by atoms with Crippen LogP contribution in [0, 0.1) is 0 Å². The van der Waals surface area contributed by atoms with Gasteiger partial charge in [-0.3, -0.25) is 0 Å². The van der Waals surface area contributed by atoms with E-state index in [4.69, 9.17) is 14.2 Å². The Bertz CT molecular complexity index is 1330. The van der Waals surface area contributed by atoms with Crippen molar-refractivity contribution in [3.05, 3.63) is 90.5 Å². The first kappa shape index (κ1) is 25.9. The highest BCUT2D eigenvalue weighted by Gasteiger charge is 2.13. The molecule has 0 saturated heterocycles. The van der Waals surface area contributed by atoms with Crippen molar-refractivity contribution in [2.24, 2.45) is 10.2 Å². The minimum Gasteiger partial charge on any atom is -0.494 e. The van der Waals surface area contributed by atoms with Gasteiger partial charge in [0.2, 0.25) is 0 Å². The second-order valence-corrected chi connectivity index (χ2v) is 8.64. The van der Waals surface area contributed by atoms with E-state index in [1.807, 2.05) is 48.5 Å². The molecule has 0 heterocycles. The van der Waals surface area contributed by atoms with Crippen molar-refractivity contribution < 1.29 is 19.0 Å². The Hall–Kier alpha value is -4.19. The first-order valence-corrected chi connectivity index (χ1v) is 12.8. The monoisotopic (exact) mass is 496 g/mol.